The van der Waals surface area contributed by atoms with Gasteiger partial charge in [0.15, 0.2) is 6.61 Å². The molecular weight excluding hydrogens is 336 g/mol. The van der Waals surface area contributed by atoms with Gasteiger partial charge in [0.25, 0.3) is 5.91 Å². The van der Waals surface area contributed by atoms with Crippen LogP contribution in [0.2, 0.25) is 0 Å². The van der Waals surface area contributed by atoms with Gasteiger partial charge in [-0.15, -0.1) is 0 Å². The SMILES string of the molecule is CCOC(=O)N1CCC(NC(=O)COC(=O)CCc2ccccc2)CC1. The van der Waals surface area contributed by atoms with Crippen molar-refractivity contribution in [3.05, 3.63) is 35.9 Å². The third-order valence-electron chi connectivity index (χ3n) is 4.21. The summed E-state index contributed by atoms with van der Waals surface area (Å²) in [5, 5.41) is 2.84. The zero-order valence-corrected chi connectivity index (χ0v) is 15.1. The maximum absolute atomic E-state index is 11.9. The zero-order valence-electron chi connectivity index (χ0n) is 15.1. The average molecular weight is 362 g/mol. The Bertz CT molecular complexity index is 597. The van der Waals surface area contributed by atoms with E-state index in [0.29, 0.717) is 39.0 Å². The smallest absolute Gasteiger partial charge is 0.409 e. The Balaban J connectivity index is 1.60. The molecule has 0 radical (unpaired) electrons. The molecule has 1 heterocycles. The van der Waals surface area contributed by atoms with Crippen LogP contribution < -0.4 is 5.32 Å². The summed E-state index contributed by atoms with van der Waals surface area (Å²) in [6, 6.07) is 9.63. The van der Waals surface area contributed by atoms with Crippen LogP contribution in [-0.2, 0) is 25.5 Å². The van der Waals surface area contributed by atoms with Crippen molar-refractivity contribution >= 4 is 18.0 Å². The highest BCUT2D eigenvalue weighted by Crippen LogP contribution is 2.11. The van der Waals surface area contributed by atoms with Crippen LogP contribution in [0.3, 0.4) is 0 Å². The second-order valence-electron chi connectivity index (χ2n) is 6.17. The summed E-state index contributed by atoms with van der Waals surface area (Å²) >= 11 is 0. The number of aryl methyl sites for hydroxylation is 1. The summed E-state index contributed by atoms with van der Waals surface area (Å²) < 4.78 is 9.98. The number of amides is 2. The number of hydrogen-bond donors (Lipinski definition) is 1. The minimum absolute atomic E-state index is 0.0174. The first-order valence-electron chi connectivity index (χ1n) is 8.99. The molecule has 0 aromatic heterocycles. The van der Waals surface area contributed by atoms with Crippen molar-refractivity contribution < 1.29 is 23.9 Å². The van der Waals surface area contributed by atoms with Gasteiger partial charge in [-0.2, -0.15) is 0 Å². The third kappa shape index (κ3) is 6.74. The fraction of sp³-hybridized carbons (Fsp3) is 0.526. The second-order valence-corrected chi connectivity index (χ2v) is 6.17. The topological polar surface area (TPSA) is 84.9 Å². The number of ether oxygens (including phenoxy) is 2. The lowest BCUT2D eigenvalue weighted by molar-refractivity contribution is -0.148. The highest BCUT2D eigenvalue weighted by Gasteiger charge is 2.24. The van der Waals surface area contributed by atoms with E-state index < -0.39 is 0 Å². The van der Waals surface area contributed by atoms with Gasteiger partial charge in [-0.1, -0.05) is 30.3 Å². The van der Waals surface area contributed by atoms with Gasteiger partial charge in [0.05, 0.1) is 6.61 Å². The molecule has 0 atom stereocenters. The molecule has 1 aromatic rings. The Morgan fingerprint density at radius 2 is 1.81 bits per heavy atom. The summed E-state index contributed by atoms with van der Waals surface area (Å²) in [5.74, 6) is -0.700. The fourth-order valence-corrected chi connectivity index (χ4v) is 2.80. The summed E-state index contributed by atoms with van der Waals surface area (Å²) in [6.45, 7) is 2.93. The lowest BCUT2D eigenvalue weighted by Crippen LogP contribution is -2.47. The molecule has 0 spiro atoms. The number of carbonyl (C=O) groups excluding carboxylic acids is 3. The monoisotopic (exact) mass is 362 g/mol. The summed E-state index contributed by atoms with van der Waals surface area (Å²) in [7, 11) is 0. The first kappa shape index (κ1) is 19.8. The Kier molecular flexibility index (Phi) is 7.92. The highest BCUT2D eigenvalue weighted by atomic mass is 16.6. The van der Waals surface area contributed by atoms with Gasteiger partial charge in [0.1, 0.15) is 0 Å². The van der Waals surface area contributed by atoms with Crippen LogP contribution in [-0.4, -0.2) is 55.2 Å². The van der Waals surface area contributed by atoms with E-state index in [1.54, 1.807) is 11.8 Å². The Hall–Kier alpha value is -2.57. The Morgan fingerprint density at radius 1 is 1.12 bits per heavy atom. The van der Waals surface area contributed by atoms with E-state index in [1.165, 1.54) is 0 Å². The average Bonchev–Trinajstić information content (AvgIpc) is 2.66. The van der Waals surface area contributed by atoms with Gasteiger partial charge in [-0.25, -0.2) is 4.79 Å². The van der Waals surface area contributed by atoms with Crippen LogP contribution in [0, 0.1) is 0 Å². The van der Waals surface area contributed by atoms with E-state index in [0.717, 1.165) is 5.56 Å². The van der Waals surface area contributed by atoms with Gasteiger partial charge in [0.2, 0.25) is 0 Å². The normalized spacial score (nSPS) is 14.6. The number of nitrogens with zero attached hydrogens (tertiary/aromatic N) is 1. The van der Waals surface area contributed by atoms with Crippen molar-refractivity contribution in [1.29, 1.82) is 0 Å². The fourth-order valence-electron chi connectivity index (χ4n) is 2.80. The van der Waals surface area contributed by atoms with Crippen LogP contribution in [0.1, 0.15) is 31.7 Å². The predicted octanol–water partition coefficient (Wildman–Crippen LogP) is 1.90. The Morgan fingerprint density at radius 3 is 2.46 bits per heavy atom. The van der Waals surface area contributed by atoms with Crippen molar-refractivity contribution in [2.24, 2.45) is 0 Å². The number of piperidine rings is 1. The molecule has 7 heteroatoms. The van der Waals surface area contributed by atoms with Crippen molar-refractivity contribution in [1.82, 2.24) is 10.2 Å². The molecule has 1 aliphatic rings. The standard InChI is InChI=1S/C19H26N2O5/c1-2-25-19(24)21-12-10-16(11-13-21)20-17(22)14-26-18(23)9-8-15-6-4-3-5-7-15/h3-7,16H,2,8-14H2,1H3,(H,20,22). The lowest BCUT2D eigenvalue weighted by atomic mass is 10.1. The maximum Gasteiger partial charge on any atom is 0.409 e. The molecule has 1 aliphatic heterocycles. The van der Waals surface area contributed by atoms with Crippen LogP contribution >= 0.6 is 0 Å². The summed E-state index contributed by atoms with van der Waals surface area (Å²) in [6.07, 6.45) is 1.84. The van der Waals surface area contributed by atoms with E-state index >= 15 is 0 Å². The molecule has 142 valence electrons. The minimum atomic E-state index is -0.388. The van der Waals surface area contributed by atoms with Crippen LogP contribution in [0.15, 0.2) is 30.3 Å². The molecule has 0 aliphatic carbocycles. The number of esters is 1. The molecule has 1 aromatic carbocycles. The first-order chi connectivity index (χ1) is 12.6. The molecule has 26 heavy (non-hydrogen) atoms. The quantitative estimate of drug-likeness (QED) is 0.749. The van der Waals surface area contributed by atoms with Gasteiger partial charge in [-0.05, 0) is 31.7 Å². The van der Waals surface area contributed by atoms with Crippen molar-refractivity contribution in [2.45, 2.75) is 38.6 Å². The molecular formula is C19H26N2O5. The zero-order chi connectivity index (χ0) is 18.8. The highest BCUT2D eigenvalue weighted by molar-refractivity contribution is 5.80. The molecule has 1 saturated heterocycles. The molecule has 1 N–H and O–H groups in total. The van der Waals surface area contributed by atoms with E-state index in [2.05, 4.69) is 5.32 Å². The van der Waals surface area contributed by atoms with Gasteiger partial charge in [0, 0.05) is 25.6 Å². The first-order valence-corrected chi connectivity index (χ1v) is 8.99. The van der Waals surface area contributed by atoms with Crippen LogP contribution in [0.4, 0.5) is 4.79 Å². The van der Waals surface area contributed by atoms with Crippen LogP contribution in [0.25, 0.3) is 0 Å². The third-order valence-corrected chi connectivity index (χ3v) is 4.21. The second kappa shape index (κ2) is 10.4. The Labute approximate surface area is 153 Å². The summed E-state index contributed by atoms with van der Waals surface area (Å²) in [5.41, 5.74) is 1.06. The molecule has 0 bridgehead atoms. The van der Waals surface area contributed by atoms with Crippen molar-refractivity contribution in [2.75, 3.05) is 26.3 Å². The largest absolute Gasteiger partial charge is 0.456 e. The van der Waals surface area contributed by atoms with E-state index in [-0.39, 0.29) is 37.0 Å². The number of hydrogen-bond acceptors (Lipinski definition) is 5. The molecule has 2 amide bonds. The number of nitrogens with one attached hydrogen (secondary N) is 1. The summed E-state index contributed by atoms with van der Waals surface area (Å²) in [4.78, 5) is 36.9. The number of benzene rings is 1. The molecule has 0 unspecified atom stereocenters. The predicted molar refractivity (Wildman–Crippen MR) is 95.5 cm³/mol. The lowest BCUT2D eigenvalue weighted by Gasteiger charge is -2.31. The number of carbonyl (C=O) groups is 3. The van der Waals surface area contributed by atoms with Crippen molar-refractivity contribution in [3.63, 3.8) is 0 Å². The molecule has 2 rings (SSSR count). The van der Waals surface area contributed by atoms with Crippen LogP contribution in [0.5, 0.6) is 0 Å². The molecule has 0 saturated carbocycles. The van der Waals surface area contributed by atoms with Gasteiger partial charge >= 0.3 is 12.1 Å². The molecule has 1 fully saturated rings. The minimum Gasteiger partial charge on any atom is -0.456 e. The molecule has 7 nitrogen and oxygen atoms in total. The number of rotatable bonds is 7. The van der Waals surface area contributed by atoms with Crippen molar-refractivity contribution in [3.8, 4) is 0 Å². The van der Waals surface area contributed by atoms with Gasteiger partial charge < -0.3 is 19.7 Å². The van der Waals surface area contributed by atoms with E-state index in [1.807, 2.05) is 30.3 Å². The van der Waals surface area contributed by atoms with E-state index in [9.17, 15) is 14.4 Å². The maximum atomic E-state index is 11.9. The van der Waals surface area contributed by atoms with E-state index in [4.69, 9.17) is 9.47 Å². The van der Waals surface area contributed by atoms with Gasteiger partial charge in [-0.3, -0.25) is 9.59 Å². The number of likely N-dealkylation sites (tertiary alicyclic amines) is 1.